The molecule has 0 saturated heterocycles. The minimum absolute atomic E-state index is 0.0354. The van der Waals surface area contributed by atoms with Crippen molar-refractivity contribution in [2.75, 3.05) is 0 Å². The number of aromatic hydroxyl groups is 2. The second kappa shape index (κ2) is 7.05. The largest absolute Gasteiger partial charge is 0.507 e. The van der Waals surface area contributed by atoms with E-state index in [1.807, 2.05) is 30.3 Å². The highest BCUT2D eigenvalue weighted by molar-refractivity contribution is 6.04. The molecule has 25 heavy (non-hydrogen) atoms. The van der Waals surface area contributed by atoms with Gasteiger partial charge in [-0.15, -0.1) is 0 Å². The second-order valence-electron chi connectivity index (χ2n) is 5.61. The Bertz CT molecular complexity index is 923. The van der Waals surface area contributed by atoms with E-state index in [1.54, 1.807) is 18.2 Å². The van der Waals surface area contributed by atoms with E-state index in [0.29, 0.717) is 28.8 Å². The topological polar surface area (TPSA) is 73.1 Å². The van der Waals surface area contributed by atoms with Gasteiger partial charge in [0.1, 0.15) is 5.75 Å². The molecule has 0 bridgehead atoms. The first-order chi connectivity index (χ1) is 12.1. The van der Waals surface area contributed by atoms with Crippen molar-refractivity contribution in [2.45, 2.75) is 6.42 Å². The van der Waals surface area contributed by atoms with Gasteiger partial charge in [0.05, 0.1) is 5.71 Å². The van der Waals surface area contributed by atoms with Gasteiger partial charge in [-0.2, -0.15) is 0 Å². The fraction of sp³-hybridized carbons (Fsp3) is 0.0500. The monoisotopic (exact) mass is 337 g/mol. The van der Waals surface area contributed by atoms with Gasteiger partial charge in [0.25, 0.3) is 0 Å². The van der Waals surface area contributed by atoms with Crippen molar-refractivity contribution < 1.29 is 19.8 Å². The molecule has 3 aromatic rings. The standard InChI is InChI=1S/C20H16FNO3/c21-17-12-15(7-9-20(17)24)14-6-8-19(23)16(11-14)18(22-25)10-13-4-2-1-3-5-13/h1-9,11-12,23-25H,10H2/b22-18+. The van der Waals surface area contributed by atoms with Gasteiger partial charge in [-0.25, -0.2) is 4.39 Å². The molecule has 3 N–H and O–H groups in total. The molecule has 0 aliphatic carbocycles. The molecule has 5 heteroatoms. The summed E-state index contributed by atoms with van der Waals surface area (Å²) < 4.78 is 13.6. The molecule has 0 aliphatic heterocycles. The molecule has 0 atom stereocenters. The summed E-state index contributed by atoms with van der Waals surface area (Å²) >= 11 is 0. The van der Waals surface area contributed by atoms with Crippen LogP contribution in [-0.2, 0) is 6.42 Å². The lowest BCUT2D eigenvalue weighted by Gasteiger charge is -2.10. The van der Waals surface area contributed by atoms with E-state index >= 15 is 0 Å². The number of hydrogen-bond donors (Lipinski definition) is 3. The summed E-state index contributed by atoms with van der Waals surface area (Å²) in [5.74, 6) is -1.19. The number of phenols is 2. The van der Waals surface area contributed by atoms with Gasteiger partial charge in [-0.05, 0) is 41.0 Å². The fourth-order valence-corrected chi connectivity index (χ4v) is 2.61. The molecule has 0 aromatic heterocycles. The summed E-state index contributed by atoms with van der Waals surface area (Å²) in [5, 5.41) is 32.2. The van der Waals surface area contributed by atoms with Gasteiger partial charge >= 0.3 is 0 Å². The molecule has 3 rings (SSSR count). The van der Waals surface area contributed by atoms with E-state index in [9.17, 15) is 19.8 Å². The summed E-state index contributed by atoms with van der Waals surface area (Å²) in [7, 11) is 0. The van der Waals surface area contributed by atoms with Crippen LogP contribution in [0.15, 0.2) is 71.9 Å². The lowest BCUT2D eigenvalue weighted by molar-refractivity contribution is 0.318. The summed E-state index contributed by atoms with van der Waals surface area (Å²) in [5.41, 5.74) is 2.74. The van der Waals surface area contributed by atoms with Crippen molar-refractivity contribution in [1.82, 2.24) is 0 Å². The molecular formula is C20H16FNO3. The minimum atomic E-state index is -0.729. The average molecular weight is 337 g/mol. The van der Waals surface area contributed by atoms with Crippen molar-refractivity contribution in [3.8, 4) is 22.6 Å². The predicted molar refractivity (Wildman–Crippen MR) is 93.6 cm³/mol. The predicted octanol–water partition coefficient (Wildman–Crippen LogP) is 4.32. The molecule has 0 radical (unpaired) electrons. The van der Waals surface area contributed by atoms with E-state index in [0.717, 1.165) is 5.56 Å². The maximum Gasteiger partial charge on any atom is 0.165 e. The maximum atomic E-state index is 13.6. The Morgan fingerprint density at radius 2 is 1.48 bits per heavy atom. The van der Waals surface area contributed by atoms with Crippen molar-refractivity contribution >= 4 is 5.71 Å². The van der Waals surface area contributed by atoms with E-state index in [1.165, 1.54) is 18.2 Å². The second-order valence-corrected chi connectivity index (χ2v) is 5.61. The van der Waals surface area contributed by atoms with Gasteiger partial charge < -0.3 is 15.4 Å². The van der Waals surface area contributed by atoms with Crippen molar-refractivity contribution in [2.24, 2.45) is 5.16 Å². The molecule has 0 unspecified atom stereocenters. The smallest absolute Gasteiger partial charge is 0.165 e. The van der Waals surface area contributed by atoms with Crippen molar-refractivity contribution in [1.29, 1.82) is 0 Å². The number of nitrogens with zero attached hydrogens (tertiary/aromatic N) is 1. The van der Waals surface area contributed by atoms with Gasteiger partial charge in [-0.1, -0.05) is 47.6 Å². The Morgan fingerprint density at radius 1 is 0.840 bits per heavy atom. The van der Waals surface area contributed by atoms with Crippen LogP contribution in [0.2, 0.25) is 0 Å². The van der Waals surface area contributed by atoms with Crippen LogP contribution < -0.4 is 0 Å². The molecule has 126 valence electrons. The molecule has 0 fully saturated rings. The minimum Gasteiger partial charge on any atom is -0.507 e. The highest BCUT2D eigenvalue weighted by Crippen LogP contribution is 2.29. The highest BCUT2D eigenvalue weighted by atomic mass is 19.1. The molecule has 0 aliphatic rings. The zero-order chi connectivity index (χ0) is 17.8. The Kier molecular flexibility index (Phi) is 4.66. The van der Waals surface area contributed by atoms with Crippen LogP contribution in [0, 0.1) is 5.82 Å². The third kappa shape index (κ3) is 3.61. The third-order valence-electron chi connectivity index (χ3n) is 3.92. The highest BCUT2D eigenvalue weighted by Gasteiger charge is 2.13. The van der Waals surface area contributed by atoms with Gasteiger partial charge in [0, 0.05) is 12.0 Å². The van der Waals surface area contributed by atoms with E-state index in [4.69, 9.17) is 0 Å². The number of halogens is 1. The van der Waals surface area contributed by atoms with Crippen LogP contribution in [0.25, 0.3) is 11.1 Å². The number of rotatable bonds is 4. The Hall–Kier alpha value is -3.34. The molecular weight excluding hydrogens is 321 g/mol. The molecule has 0 heterocycles. The molecule has 4 nitrogen and oxygen atoms in total. The normalized spacial score (nSPS) is 11.5. The van der Waals surface area contributed by atoms with Crippen LogP contribution in [0.3, 0.4) is 0 Å². The van der Waals surface area contributed by atoms with E-state index < -0.39 is 11.6 Å². The summed E-state index contributed by atoms with van der Waals surface area (Å²) in [6, 6.07) is 18.2. The zero-order valence-corrected chi connectivity index (χ0v) is 13.2. The summed E-state index contributed by atoms with van der Waals surface area (Å²) in [6.07, 6.45) is 0.332. The zero-order valence-electron chi connectivity index (χ0n) is 13.2. The molecule has 0 spiro atoms. The van der Waals surface area contributed by atoms with E-state index in [-0.39, 0.29) is 5.75 Å². The van der Waals surface area contributed by atoms with Crippen LogP contribution in [-0.4, -0.2) is 21.1 Å². The first-order valence-electron chi connectivity index (χ1n) is 7.65. The number of oxime groups is 1. The third-order valence-corrected chi connectivity index (χ3v) is 3.92. The average Bonchev–Trinajstić information content (AvgIpc) is 2.63. The first kappa shape index (κ1) is 16.5. The van der Waals surface area contributed by atoms with Crippen LogP contribution in [0.1, 0.15) is 11.1 Å². The SMILES string of the molecule is O/N=C(\Cc1ccccc1)c1cc(-c2ccc(O)c(F)c2)ccc1O. The quantitative estimate of drug-likeness (QED) is 0.377. The van der Waals surface area contributed by atoms with Crippen LogP contribution in [0.4, 0.5) is 4.39 Å². The summed E-state index contributed by atoms with van der Waals surface area (Å²) in [4.78, 5) is 0. The lowest BCUT2D eigenvalue weighted by Crippen LogP contribution is -2.06. The van der Waals surface area contributed by atoms with Gasteiger partial charge in [-0.3, -0.25) is 0 Å². The molecule has 0 amide bonds. The van der Waals surface area contributed by atoms with Crippen LogP contribution in [0.5, 0.6) is 11.5 Å². The maximum absolute atomic E-state index is 13.6. The molecule has 0 saturated carbocycles. The molecule has 3 aromatic carbocycles. The van der Waals surface area contributed by atoms with Crippen molar-refractivity contribution in [3.05, 3.63) is 83.7 Å². The Labute approximate surface area is 144 Å². The van der Waals surface area contributed by atoms with E-state index in [2.05, 4.69) is 5.16 Å². The Balaban J connectivity index is 1.99. The number of hydrogen-bond acceptors (Lipinski definition) is 4. The van der Waals surface area contributed by atoms with Gasteiger partial charge in [0.15, 0.2) is 11.6 Å². The van der Waals surface area contributed by atoms with Crippen molar-refractivity contribution in [3.63, 3.8) is 0 Å². The number of phenolic OH excluding ortho intramolecular Hbond substituents is 2. The summed E-state index contributed by atoms with van der Waals surface area (Å²) in [6.45, 7) is 0. The van der Waals surface area contributed by atoms with Crippen LogP contribution >= 0.6 is 0 Å². The first-order valence-corrected chi connectivity index (χ1v) is 7.65. The number of benzene rings is 3. The fourth-order valence-electron chi connectivity index (χ4n) is 2.61. The lowest BCUT2D eigenvalue weighted by atomic mass is 9.97. The Morgan fingerprint density at radius 3 is 2.12 bits per heavy atom. The van der Waals surface area contributed by atoms with Gasteiger partial charge in [0.2, 0.25) is 0 Å².